The molecule has 4 aliphatic carbocycles. The lowest BCUT2D eigenvalue weighted by atomic mass is 9.48. The minimum Gasteiger partial charge on any atom is -0.427 e. The molecule has 6 atom stereocenters. The minimum atomic E-state index is -3.68. The highest BCUT2D eigenvalue weighted by molar-refractivity contribution is 7.92. The van der Waals surface area contributed by atoms with Crippen LogP contribution in [0.1, 0.15) is 80.9 Å². The molecule has 0 amide bonds. The first-order valence-electron chi connectivity index (χ1n) is 14.1. The van der Waals surface area contributed by atoms with E-state index in [1.807, 2.05) is 24.3 Å². The summed E-state index contributed by atoms with van der Waals surface area (Å²) in [7, 11) is -3.37. The van der Waals surface area contributed by atoms with E-state index in [1.54, 1.807) is 31.0 Å². The van der Waals surface area contributed by atoms with Gasteiger partial charge in [0.05, 0.1) is 10.1 Å². The summed E-state index contributed by atoms with van der Waals surface area (Å²) in [5, 5.41) is 11.3. The zero-order valence-corrected chi connectivity index (χ0v) is 23.5. The third-order valence-corrected chi connectivity index (χ3v) is 12.7. The van der Waals surface area contributed by atoms with E-state index in [-0.39, 0.29) is 46.7 Å². The van der Waals surface area contributed by atoms with E-state index >= 15 is 8.78 Å². The van der Waals surface area contributed by atoms with E-state index in [1.165, 1.54) is 6.92 Å². The summed E-state index contributed by atoms with van der Waals surface area (Å²) >= 11 is 0. The van der Waals surface area contributed by atoms with E-state index in [0.717, 1.165) is 23.1 Å². The van der Waals surface area contributed by atoms with Crippen LogP contribution in [-0.4, -0.2) is 36.3 Å². The van der Waals surface area contributed by atoms with Gasteiger partial charge in [0.1, 0.15) is 11.4 Å². The molecule has 1 N–H and O–H groups in total. The van der Waals surface area contributed by atoms with Gasteiger partial charge in [-0.1, -0.05) is 25.1 Å². The van der Waals surface area contributed by atoms with Gasteiger partial charge < -0.3 is 9.84 Å². The standard InChI is InChI=1S/C32H34F2O5S/c1-4-32(33,34)31(36)16-15-28-26-13-7-21-17-22(39-19(2)35)8-14-25(21)29(26)27(18-30(28,31)3)20-5-9-23(10-6-20)40(37,38)24-11-12-24/h1,5-6,8-10,14,17,24,26-29,36H,7,11-13,15-16,18H2,2-3H3/t26-,27+,28-,29?,30-,31-/m0/s1. The van der Waals surface area contributed by atoms with Crippen molar-refractivity contribution in [3.8, 4) is 18.1 Å². The number of aryl methyl sites for hydroxylation is 1. The van der Waals surface area contributed by atoms with E-state index in [9.17, 15) is 18.3 Å². The van der Waals surface area contributed by atoms with Crippen molar-refractivity contribution in [3.63, 3.8) is 0 Å². The van der Waals surface area contributed by atoms with E-state index in [2.05, 4.69) is 0 Å². The number of carbonyl (C=O) groups is 1. The second-order valence-electron chi connectivity index (χ2n) is 12.4. The molecule has 6 rings (SSSR count). The van der Waals surface area contributed by atoms with Crippen LogP contribution in [0.3, 0.4) is 0 Å². The number of sulfone groups is 1. The Balaban J connectivity index is 1.46. The number of aliphatic hydroxyl groups is 1. The molecule has 0 radical (unpaired) electrons. The van der Waals surface area contributed by atoms with Gasteiger partial charge >= 0.3 is 11.9 Å². The summed E-state index contributed by atoms with van der Waals surface area (Å²) in [5.74, 6) is -2.43. The quantitative estimate of drug-likeness (QED) is 0.280. The smallest absolute Gasteiger partial charge is 0.336 e. The predicted molar refractivity (Wildman–Crippen MR) is 146 cm³/mol. The normalized spacial score (nSPS) is 33.3. The fourth-order valence-corrected chi connectivity index (χ4v) is 10.0. The summed E-state index contributed by atoms with van der Waals surface area (Å²) in [6.45, 7) is 3.12. The average Bonchev–Trinajstić information content (AvgIpc) is 3.74. The predicted octanol–water partition coefficient (Wildman–Crippen LogP) is 5.80. The Morgan fingerprint density at radius 2 is 1.82 bits per heavy atom. The van der Waals surface area contributed by atoms with Gasteiger partial charge in [-0.2, -0.15) is 8.78 Å². The molecule has 1 unspecified atom stereocenters. The molecule has 0 bridgehead atoms. The average molecular weight is 569 g/mol. The molecule has 2 aromatic carbocycles. The van der Waals surface area contributed by atoms with Crippen LogP contribution in [0.4, 0.5) is 8.78 Å². The molecule has 40 heavy (non-hydrogen) atoms. The Morgan fingerprint density at radius 3 is 2.45 bits per heavy atom. The largest absolute Gasteiger partial charge is 0.427 e. The number of hydrogen-bond acceptors (Lipinski definition) is 5. The second kappa shape index (κ2) is 9.12. The number of fused-ring (bicyclic) bond motifs is 5. The third-order valence-electron chi connectivity index (χ3n) is 10.4. The van der Waals surface area contributed by atoms with Crippen LogP contribution in [0.2, 0.25) is 0 Å². The molecule has 0 spiro atoms. The maximum Gasteiger partial charge on any atom is 0.336 e. The van der Waals surface area contributed by atoms with E-state index in [4.69, 9.17) is 11.2 Å². The highest BCUT2D eigenvalue weighted by atomic mass is 32.2. The van der Waals surface area contributed by atoms with Crippen LogP contribution in [0, 0.1) is 29.6 Å². The first-order chi connectivity index (χ1) is 18.8. The third kappa shape index (κ3) is 3.95. The number of terminal acetylenes is 1. The number of halogens is 2. The highest BCUT2D eigenvalue weighted by Gasteiger charge is 2.71. The molecule has 8 heteroatoms. The Hall–Kier alpha value is -2.76. The van der Waals surface area contributed by atoms with Crippen LogP contribution in [0.15, 0.2) is 47.4 Å². The topological polar surface area (TPSA) is 80.7 Å². The number of benzene rings is 2. The van der Waals surface area contributed by atoms with Crippen LogP contribution < -0.4 is 4.74 Å². The van der Waals surface area contributed by atoms with Crippen molar-refractivity contribution in [2.45, 2.75) is 92.3 Å². The van der Waals surface area contributed by atoms with Crippen molar-refractivity contribution in [2.75, 3.05) is 0 Å². The van der Waals surface area contributed by atoms with Crippen molar-refractivity contribution < 1.29 is 31.8 Å². The Bertz CT molecular complexity index is 1510. The number of esters is 1. The monoisotopic (exact) mass is 568 g/mol. The SMILES string of the molecule is C#CC(F)(F)[C@]1(O)CC[C@H]2[C@@H]3CCc4cc(OC(C)=O)ccc4C3[C@@H](c3ccc(S(=O)(=O)C4CC4)cc3)C[C@@]21C. The van der Waals surface area contributed by atoms with Gasteiger partial charge in [-0.05, 0) is 115 Å². The van der Waals surface area contributed by atoms with Crippen LogP contribution in [0.25, 0.3) is 0 Å². The number of alkyl halides is 2. The molecule has 3 saturated carbocycles. The van der Waals surface area contributed by atoms with Crippen LogP contribution in [-0.2, 0) is 21.1 Å². The first-order valence-corrected chi connectivity index (χ1v) is 15.6. The number of ether oxygens (including phenoxy) is 1. The number of carbonyl (C=O) groups excluding carboxylic acids is 1. The zero-order valence-electron chi connectivity index (χ0n) is 22.7. The van der Waals surface area contributed by atoms with Gasteiger partial charge in [0, 0.05) is 12.3 Å². The molecule has 0 heterocycles. The van der Waals surface area contributed by atoms with Gasteiger partial charge in [0.15, 0.2) is 9.84 Å². The summed E-state index contributed by atoms with van der Waals surface area (Å²) < 4.78 is 61.6. The fourth-order valence-electron chi connectivity index (χ4n) is 8.35. The van der Waals surface area contributed by atoms with Crippen molar-refractivity contribution in [1.29, 1.82) is 0 Å². The Morgan fingerprint density at radius 1 is 1.12 bits per heavy atom. The van der Waals surface area contributed by atoms with Crippen molar-refractivity contribution >= 4 is 15.8 Å². The minimum absolute atomic E-state index is 0.0216. The van der Waals surface area contributed by atoms with Gasteiger partial charge in [-0.3, -0.25) is 4.79 Å². The number of hydrogen-bond donors (Lipinski definition) is 1. The molecule has 2 aromatic rings. The molecule has 4 aliphatic rings. The van der Waals surface area contributed by atoms with Crippen LogP contribution in [0.5, 0.6) is 5.75 Å². The first kappa shape index (κ1) is 27.4. The lowest BCUT2D eigenvalue weighted by Crippen LogP contribution is -2.60. The molecule has 212 valence electrons. The number of rotatable bonds is 5. The van der Waals surface area contributed by atoms with E-state index in [0.29, 0.717) is 31.4 Å². The van der Waals surface area contributed by atoms with Gasteiger partial charge in [-0.25, -0.2) is 8.42 Å². The molecular weight excluding hydrogens is 534 g/mol. The zero-order chi connectivity index (χ0) is 28.7. The maximum atomic E-state index is 15.3. The molecule has 0 aromatic heterocycles. The summed E-state index contributed by atoms with van der Waals surface area (Å²) in [5.41, 5.74) is -0.462. The van der Waals surface area contributed by atoms with E-state index < -0.39 is 32.7 Å². The van der Waals surface area contributed by atoms with Crippen molar-refractivity contribution in [3.05, 3.63) is 59.2 Å². The molecule has 3 fully saturated rings. The summed E-state index contributed by atoms with van der Waals surface area (Å²) in [4.78, 5) is 11.8. The Kier molecular flexibility index (Phi) is 6.25. The molecule has 5 nitrogen and oxygen atoms in total. The van der Waals surface area contributed by atoms with Crippen molar-refractivity contribution in [1.82, 2.24) is 0 Å². The molecular formula is C32H34F2O5S. The van der Waals surface area contributed by atoms with Crippen LogP contribution >= 0.6 is 0 Å². The lowest BCUT2D eigenvalue weighted by molar-refractivity contribution is -0.214. The summed E-state index contributed by atoms with van der Waals surface area (Å²) in [6.07, 6.45) is 8.73. The molecule has 0 aliphatic heterocycles. The lowest BCUT2D eigenvalue weighted by Gasteiger charge is -2.57. The van der Waals surface area contributed by atoms with Gasteiger partial charge in [-0.15, -0.1) is 6.42 Å². The highest BCUT2D eigenvalue weighted by Crippen LogP contribution is 2.70. The van der Waals surface area contributed by atoms with Gasteiger partial charge in [0.2, 0.25) is 0 Å². The van der Waals surface area contributed by atoms with Crippen molar-refractivity contribution in [2.24, 2.45) is 17.3 Å². The second-order valence-corrected chi connectivity index (χ2v) is 14.7. The van der Waals surface area contributed by atoms with Gasteiger partial charge in [0.25, 0.3) is 0 Å². The summed E-state index contributed by atoms with van der Waals surface area (Å²) in [6, 6.07) is 12.5. The fraction of sp³-hybridized carbons (Fsp3) is 0.531. The molecule has 0 saturated heterocycles. The Labute approximate surface area is 234 Å². The maximum absolute atomic E-state index is 15.3.